The van der Waals surface area contributed by atoms with Crippen molar-refractivity contribution in [3.8, 4) is 0 Å². The summed E-state index contributed by atoms with van der Waals surface area (Å²) in [5.74, 6) is 1.16. The lowest BCUT2D eigenvalue weighted by Crippen LogP contribution is -2.38. The van der Waals surface area contributed by atoms with Gasteiger partial charge in [0.25, 0.3) is 6.43 Å². The molecule has 166 valence electrons. The maximum absolute atomic E-state index is 12.5. The molecule has 0 radical (unpaired) electrons. The zero-order chi connectivity index (χ0) is 21.7. The molecule has 0 saturated carbocycles. The van der Waals surface area contributed by atoms with E-state index in [2.05, 4.69) is 30.6 Å². The molecule has 0 amide bonds. The second kappa shape index (κ2) is 9.65. The van der Waals surface area contributed by atoms with Gasteiger partial charge in [-0.15, -0.1) is 0 Å². The number of hydrogen-bond acceptors (Lipinski definition) is 8. The molecule has 12 heteroatoms. The van der Waals surface area contributed by atoms with Gasteiger partial charge in [0.2, 0.25) is 5.95 Å². The van der Waals surface area contributed by atoms with Gasteiger partial charge < -0.3 is 10.6 Å². The molecule has 2 aromatic rings. The number of sulfone groups is 1. The van der Waals surface area contributed by atoms with Gasteiger partial charge in [0.1, 0.15) is 22.2 Å². The molecule has 0 unspecified atom stereocenters. The van der Waals surface area contributed by atoms with E-state index in [1.54, 1.807) is 6.20 Å². The topological polar surface area (TPSA) is 105 Å². The van der Waals surface area contributed by atoms with Gasteiger partial charge in [-0.2, -0.15) is 10.1 Å². The summed E-state index contributed by atoms with van der Waals surface area (Å²) in [6, 6.07) is 0.241. The molecule has 2 N–H and O–H groups in total. The predicted octanol–water partition coefficient (Wildman–Crippen LogP) is 1.91. The van der Waals surface area contributed by atoms with Gasteiger partial charge in [-0.1, -0.05) is 0 Å². The van der Waals surface area contributed by atoms with Crippen LogP contribution in [0.15, 0.2) is 18.6 Å². The first-order valence-electron chi connectivity index (χ1n) is 9.76. The Bertz CT molecular complexity index is 952. The fourth-order valence-corrected chi connectivity index (χ4v) is 3.96. The molecule has 0 aromatic carbocycles. The molecule has 30 heavy (non-hydrogen) atoms. The number of likely N-dealkylation sites (tertiary alicyclic amines) is 1. The standard InChI is InChI=1S/C18H27F2N7O2S/c1-13-8-22-18(24-14-9-23-27(11-14)12-16(19)20)25-17(13)21-10-15-4-3-5-26(15)6-7-30(2,28)29/h8-9,11,15-16H,3-7,10,12H2,1-2H3,(H2,21,22,24,25)/t15-/m0/s1. The summed E-state index contributed by atoms with van der Waals surface area (Å²) in [6.45, 7) is 3.49. The Labute approximate surface area is 174 Å². The SMILES string of the molecule is Cc1cnc(Nc2cnn(CC(F)F)c2)nc1NC[C@@H]1CCCN1CCS(C)(=O)=O. The van der Waals surface area contributed by atoms with Crippen molar-refractivity contribution >= 4 is 27.3 Å². The fraction of sp³-hybridized carbons (Fsp3) is 0.611. The summed E-state index contributed by atoms with van der Waals surface area (Å²) in [6.07, 6.45) is 5.40. The van der Waals surface area contributed by atoms with Crippen LogP contribution < -0.4 is 10.6 Å². The van der Waals surface area contributed by atoms with Gasteiger partial charge in [0.15, 0.2) is 0 Å². The first-order chi connectivity index (χ1) is 14.2. The Morgan fingerprint density at radius 1 is 1.33 bits per heavy atom. The van der Waals surface area contributed by atoms with Crippen molar-refractivity contribution in [3.63, 3.8) is 0 Å². The maximum atomic E-state index is 12.5. The minimum atomic E-state index is -2.99. The van der Waals surface area contributed by atoms with Crippen molar-refractivity contribution in [2.24, 2.45) is 0 Å². The molecule has 0 spiro atoms. The molecule has 1 atom stereocenters. The summed E-state index contributed by atoms with van der Waals surface area (Å²) in [5, 5.41) is 10.2. The number of nitrogens with one attached hydrogen (secondary N) is 2. The summed E-state index contributed by atoms with van der Waals surface area (Å²) < 4.78 is 49.0. The largest absolute Gasteiger partial charge is 0.368 e. The Balaban J connectivity index is 1.59. The van der Waals surface area contributed by atoms with Crippen molar-refractivity contribution in [3.05, 3.63) is 24.2 Å². The molecule has 3 heterocycles. The quantitative estimate of drug-likeness (QED) is 0.574. The first kappa shape index (κ1) is 22.3. The number of alkyl halides is 2. The van der Waals surface area contributed by atoms with E-state index in [1.165, 1.54) is 18.6 Å². The van der Waals surface area contributed by atoms with E-state index in [4.69, 9.17) is 0 Å². The van der Waals surface area contributed by atoms with E-state index in [1.807, 2.05) is 6.92 Å². The second-order valence-electron chi connectivity index (χ2n) is 7.54. The summed E-state index contributed by atoms with van der Waals surface area (Å²) >= 11 is 0. The van der Waals surface area contributed by atoms with Crippen LogP contribution in [-0.4, -0.2) is 77.2 Å². The van der Waals surface area contributed by atoms with Gasteiger partial charge in [0.05, 0.1) is 17.6 Å². The van der Waals surface area contributed by atoms with E-state index < -0.39 is 22.8 Å². The van der Waals surface area contributed by atoms with Gasteiger partial charge in [-0.05, 0) is 26.3 Å². The van der Waals surface area contributed by atoms with E-state index in [9.17, 15) is 17.2 Å². The lowest BCUT2D eigenvalue weighted by molar-refractivity contribution is 0.122. The number of aryl methyl sites for hydroxylation is 1. The molecule has 2 aromatic heterocycles. The van der Waals surface area contributed by atoms with E-state index in [0.29, 0.717) is 30.5 Å². The highest BCUT2D eigenvalue weighted by molar-refractivity contribution is 7.90. The lowest BCUT2D eigenvalue weighted by atomic mass is 10.2. The number of nitrogens with zero attached hydrogens (tertiary/aromatic N) is 5. The van der Waals surface area contributed by atoms with Crippen molar-refractivity contribution in [1.82, 2.24) is 24.6 Å². The molecule has 0 aliphatic carbocycles. The average Bonchev–Trinajstić information content (AvgIpc) is 3.28. The monoisotopic (exact) mass is 443 g/mol. The number of hydrogen-bond donors (Lipinski definition) is 2. The zero-order valence-corrected chi connectivity index (χ0v) is 17.9. The van der Waals surface area contributed by atoms with Crippen LogP contribution in [0.25, 0.3) is 0 Å². The smallest absolute Gasteiger partial charge is 0.257 e. The third kappa shape index (κ3) is 6.59. The highest BCUT2D eigenvalue weighted by Gasteiger charge is 2.25. The van der Waals surface area contributed by atoms with E-state index >= 15 is 0 Å². The molecule has 1 aliphatic heterocycles. The van der Waals surface area contributed by atoms with Crippen molar-refractivity contribution in [1.29, 1.82) is 0 Å². The zero-order valence-electron chi connectivity index (χ0n) is 17.1. The van der Waals surface area contributed by atoms with Gasteiger partial charge >= 0.3 is 0 Å². The number of halogens is 2. The normalized spacial score (nSPS) is 17.6. The van der Waals surface area contributed by atoms with Crippen molar-refractivity contribution in [2.45, 2.75) is 38.8 Å². The average molecular weight is 444 g/mol. The number of anilines is 3. The van der Waals surface area contributed by atoms with Crippen LogP contribution in [0, 0.1) is 6.92 Å². The van der Waals surface area contributed by atoms with Gasteiger partial charge in [-0.3, -0.25) is 9.58 Å². The van der Waals surface area contributed by atoms with Gasteiger partial charge in [0, 0.05) is 43.3 Å². The molecule has 1 fully saturated rings. The van der Waals surface area contributed by atoms with Gasteiger partial charge in [-0.25, -0.2) is 22.2 Å². The summed E-state index contributed by atoms with van der Waals surface area (Å²) in [5.41, 5.74) is 1.39. The summed E-state index contributed by atoms with van der Waals surface area (Å²) in [7, 11) is -2.99. The second-order valence-corrected chi connectivity index (χ2v) is 9.79. The highest BCUT2D eigenvalue weighted by Crippen LogP contribution is 2.20. The van der Waals surface area contributed by atoms with Crippen LogP contribution in [0.1, 0.15) is 18.4 Å². The Hall–Kier alpha value is -2.34. The van der Waals surface area contributed by atoms with Crippen LogP contribution in [-0.2, 0) is 16.4 Å². The highest BCUT2D eigenvalue weighted by atomic mass is 32.2. The maximum Gasteiger partial charge on any atom is 0.257 e. The minimum Gasteiger partial charge on any atom is -0.368 e. The van der Waals surface area contributed by atoms with E-state index in [-0.39, 0.29) is 11.8 Å². The third-order valence-corrected chi connectivity index (χ3v) is 5.86. The van der Waals surface area contributed by atoms with Crippen LogP contribution >= 0.6 is 0 Å². The van der Waals surface area contributed by atoms with Crippen LogP contribution in [0.5, 0.6) is 0 Å². The first-order valence-corrected chi connectivity index (χ1v) is 11.8. The van der Waals surface area contributed by atoms with Crippen LogP contribution in [0.3, 0.4) is 0 Å². The third-order valence-electron chi connectivity index (χ3n) is 4.94. The van der Waals surface area contributed by atoms with Crippen molar-refractivity contribution in [2.75, 3.05) is 42.3 Å². The Kier molecular flexibility index (Phi) is 7.19. The molecule has 1 saturated heterocycles. The molecule has 0 bridgehead atoms. The van der Waals surface area contributed by atoms with Crippen LogP contribution in [0.2, 0.25) is 0 Å². The molecular formula is C18H27F2N7O2S. The van der Waals surface area contributed by atoms with Crippen molar-refractivity contribution < 1.29 is 17.2 Å². The predicted molar refractivity (Wildman–Crippen MR) is 111 cm³/mol. The van der Waals surface area contributed by atoms with Crippen LogP contribution in [0.4, 0.5) is 26.2 Å². The van der Waals surface area contributed by atoms with E-state index in [0.717, 1.165) is 29.6 Å². The molecule has 3 rings (SSSR count). The molecular weight excluding hydrogens is 416 g/mol. The Morgan fingerprint density at radius 3 is 2.87 bits per heavy atom. The fourth-order valence-electron chi connectivity index (χ4n) is 3.40. The Morgan fingerprint density at radius 2 is 2.13 bits per heavy atom. The lowest BCUT2D eigenvalue weighted by Gasteiger charge is -2.24. The minimum absolute atomic E-state index is 0.156. The molecule has 9 nitrogen and oxygen atoms in total. The number of rotatable bonds is 10. The number of aromatic nitrogens is 4. The summed E-state index contributed by atoms with van der Waals surface area (Å²) in [4.78, 5) is 10.9. The molecule has 1 aliphatic rings.